The summed E-state index contributed by atoms with van der Waals surface area (Å²) in [4.78, 5) is 2.35. The number of nitrogens with two attached hydrogens (primary N) is 1. The van der Waals surface area contributed by atoms with Gasteiger partial charge in [0.05, 0.1) is 24.0 Å². The topological polar surface area (TPSA) is 62.3 Å². The van der Waals surface area contributed by atoms with Crippen LogP contribution in [0.1, 0.15) is 25.3 Å². The van der Waals surface area contributed by atoms with Crippen molar-refractivity contribution in [3.8, 4) is 0 Å². The van der Waals surface area contributed by atoms with Gasteiger partial charge in [-0.05, 0) is 19.4 Å². The Hall–Kier alpha value is -1.39. The molecule has 1 fully saturated rings. The molecule has 1 aromatic carbocycles. The van der Waals surface area contributed by atoms with E-state index in [2.05, 4.69) is 18.7 Å². The lowest BCUT2D eigenvalue weighted by Gasteiger charge is -2.37. The molecule has 1 aromatic rings. The van der Waals surface area contributed by atoms with E-state index in [-0.39, 0.29) is 24.0 Å². The normalized spacial score (nSPS) is 26.0. The van der Waals surface area contributed by atoms with Gasteiger partial charge in [0.1, 0.15) is 0 Å². The van der Waals surface area contributed by atoms with Crippen molar-refractivity contribution in [3.05, 3.63) is 35.9 Å². The zero-order valence-corrected chi connectivity index (χ0v) is 11.7. The smallest absolute Gasteiger partial charge is 0.0995 e. The summed E-state index contributed by atoms with van der Waals surface area (Å²) in [6.45, 7) is 6.78. The molecule has 0 saturated carbocycles. The van der Waals surface area contributed by atoms with E-state index < -0.39 is 0 Å². The first-order valence-electron chi connectivity index (χ1n) is 6.83. The Kier molecular flexibility index (Phi) is 4.56. The number of hydrogen-bond donors (Lipinski definition) is 2. The lowest BCUT2D eigenvalue weighted by molar-refractivity contribution is -0.0681. The first kappa shape index (κ1) is 14.0. The van der Waals surface area contributed by atoms with Crippen molar-refractivity contribution in [3.63, 3.8) is 0 Å². The van der Waals surface area contributed by atoms with E-state index in [0.717, 1.165) is 25.2 Å². The monoisotopic (exact) mass is 261 g/mol. The minimum atomic E-state index is -0.0290. The maximum absolute atomic E-state index is 7.83. The molecule has 0 aliphatic carbocycles. The number of ether oxygens (including phenoxy) is 1. The van der Waals surface area contributed by atoms with Gasteiger partial charge >= 0.3 is 0 Å². The second-order valence-electron chi connectivity index (χ2n) is 5.39. The van der Waals surface area contributed by atoms with E-state index in [9.17, 15) is 0 Å². The Bertz CT molecular complexity index is 411. The SMILES string of the molecule is CC1CN(CC(C(=N)N)c2ccccc2)CC(C)O1. The molecule has 1 aliphatic heterocycles. The van der Waals surface area contributed by atoms with Crippen molar-refractivity contribution in [2.24, 2.45) is 5.73 Å². The Labute approximate surface area is 115 Å². The Morgan fingerprint density at radius 1 is 1.32 bits per heavy atom. The van der Waals surface area contributed by atoms with Crippen molar-refractivity contribution in [2.45, 2.75) is 32.0 Å². The fourth-order valence-electron chi connectivity index (χ4n) is 2.76. The number of nitrogens with zero attached hydrogens (tertiary/aromatic N) is 1. The number of amidine groups is 1. The summed E-state index contributed by atoms with van der Waals surface area (Å²) in [5, 5.41) is 7.83. The summed E-state index contributed by atoms with van der Waals surface area (Å²) in [5.74, 6) is 0.205. The highest BCUT2D eigenvalue weighted by Gasteiger charge is 2.26. The Morgan fingerprint density at radius 2 is 1.89 bits per heavy atom. The lowest BCUT2D eigenvalue weighted by Crippen LogP contribution is -2.48. The summed E-state index contributed by atoms with van der Waals surface area (Å²) in [6.07, 6.45) is 0.485. The molecular weight excluding hydrogens is 238 g/mol. The van der Waals surface area contributed by atoms with Gasteiger partial charge in [0.15, 0.2) is 0 Å². The van der Waals surface area contributed by atoms with E-state index in [4.69, 9.17) is 15.9 Å². The fraction of sp³-hybridized carbons (Fsp3) is 0.533. The summed E-state index contributed by atoms with van der Waals surface area (Å²) < 4.78 is 5.74. The molecule has 2 rings (SSSR count). The third kappa shape index (κ3) is 3.78. The second-order valence-corrected chi connectivity index (χ2v) is 5.39. The van der Waals surface area contributed by atoms with Crippen LogP contribution in [0.15, 0.2) is 30.3 Å². The number of benzene rings is 1. The molecule has 19 heavy (non-hydrogen) atoms. The zero-order chi connectivity index (χ0) is 13.8. The van der Waals surface area contributed by atoms with Crippen LogP contribution in [0, 0.1) is 5.41 Å². The van der Waals surface area contributed by atoms with Crippen LogP contribution in [0.3, 0.4) is 0 Å². The van der Waals surface area contributed by atoms with Crippen molar-refractivity contribution < 1.29 is 4.74 Å². The Balaban J connectivity index is 2.07. The average molecular weight is 261 g/mol. The number of morpholine rings is 1. The van der Waals surface area contributed by atoms with E-state index >= 15 is 0 Å². The summed E-state index contributed by atoms with van der Waals surface area (Å²) in [6, 6.07) is 10.1. The molecule has 1 heterocycles. The standard InChI is InChI=1S/C15H23N3O/c1-11-8-18(9-12(2)19-11)10-14(15(16)17)13-6-4-3-5-7-13/h3-7,11-12,14H,8-10H2,1-2H3,(H3,16,17). The van der Waals surface area contributed by atoms with Crippen molar-refractivity contribution in [1.82, 2.24) is 4.90 Å². The van der Waals surface area contributed by atoms with E-state index in [0.29, 0.717) is 0 Å². The van der Waals surface area contributed by atoms with Gasteiger partial charge < -0.3 is 10.5 Å². The minimum Gasteiger partial charge on any atom is -0.387 e. The van der Waals surface area contributed by atoms with Crippen molar-refractivity contribution in [1.29, 1.82) is 5.41 Å². The van der Waals surface area contributed by atoms with Crippen LogP contribution in [0.25, 0.3) is 0 Å². The molecule has 4 heteroatoms. The van der Waals surface area contributed by atoms with Gasteiger partial charge in [-0.1, -0.05) is 30.3 Å². The van der Waals surface area contributed by atoms with Crippen molar-refractivity contribution >= 4 is 5.84 Å². The maximum Gasteiger partial charge on any atom is 0.0995 e. The molecule has 0 spiro atoms. The summed E-state index contributed by atoms with van der Waals surface area (Å²) in [7, 11) is 0. The minimum absolute atomic E-state index is 0.0290. The second kappa shape index (κ2) is 6.17. The lowest BCUT2D eigenvalue weighted by atomic mass is 9.97. The van der Waals surface area contributed by atoms with Crippen LogP contribution in [0.2, 0.25) is 0 Å². The molecule has 4 nitrogen and oxygen atoms in total. The molecule has 0 radical (unpaired) electrons. The summed E-state index contributed by atoms with van der Waals surface area (Å²) in [5.41, 5.74) is 6.89. The van der Waals surface area contributed by atoms with Gasteiger partial charge in [-0.15, -0.1) is 0 Å². The van der Waals surface area contributed by atoms with E-state index in [1.54, 1.807) is 0 Å². The van der Waals surface area contributed by atoms with Crippen LogP contribution in [-0.4, -0.2) is 42.6 Å². The zero-order valence-electron chi connectivity index (χ0n) is 11.7. The highest BCUT2D eigenvalue weighted by Crippen LogP contribution is 2.19. The summed E-state index contributed by atoms with van der Waals surface area (Å²) >= 11 is 0. The van der Waals surface area contributed by atoms with Gasteiger partial charge in [0.2, 0.25) is 0 Å². The quantitative estimate of drug-likeness (QED) is 0.642. The van der Waals surface area contributed by atoms with E-state index in [1.807, 2.05) is 30.3 Å². The van der Waals surface area contributed by atoms with Gasteiger partial charge in [-0.3, -0.25) is 10.3 Å². The predicted octanol–water partition coefficient (Wildman–Crippen LogP) is 1.82. The predicted molar refractivity (Wildman–Crippen MR) is 77.5 cm³/mol. The third-order valence-electron chi connectivity index (χ3n) is 3.51. The molecular formula is C15H23N3O. The Morgan fingerprint density at radius 3 is 2.42 bits per heavy atom. The van der Waals surface area contributed by atoms with E-state index in [1.165, 1.54) is 0 Å². The van der Waals surface area contributed by atoms with Crippen LogP contribution in [0.5, 0.6) is 0 Å². The molecule has 1 aliphatic rings. The molecule has 0 aromatic heterocycles. The number of hydrogen-bond acceptors (Lipinski definition) is 3. The fourth-order valence-corrected chi connectivity index (χ4v) is 2.76. The highest BCUT2D eigenvalue weighted by molar-refractivity contribution is 5.84. The average Bonchev–Trinajstić information content (AvgIpc) is 2.35. The van der Waals surface area contributed by atoms with Crippen LogP contribution in [0.4, 0.5) is 0 Å². The van der Waals surface area contributed by atoms with Gasteiger partial charge in [-0.2, -0.15) is 0 Å². The molecule has 1 saturated heterocycles. The molecule has 3 N–H and O–H groups in total. The van der Waals surface area contributed by atoms with Crippen molar-refractivity contribution in [2.75, 3.05) is 19.6 Å². The van der Waals surface area contributed by atoms with Gasteiger partial charge in [-0.25, -0.2) is 0 Å². The third-order valence-corrected chi connectivity index (χ3v) is 3.51. The first-order valence-corrected chi connectivity index (χ1v) is 6.83. The van der Waals surface area contributed by atoms with Gasteiger partial charge in [0, 0.05) is 19.6 Å². The molecule has 0 amide bonds. The molecule has 3 atom stereocenters. The largest absolute Gasteiger partial charge is 0.387 e. The molecule has 104 valence electrons. The first-order chi connectivity index (χ1) is 9.06. The maximum atomic E-state index is 7.83. The van der Waals surface area contributed by atoms with Gasteiger partial charge in [0.25, 0.3) is 0 Å². The van der Waals surface area contributed by atoms with Crippen LogP contribution < -0.4 is 5.73 Å². The number of nitrogens with one attached hydrogen (secondary N) is 1. The molecule has 0 bridgehead atoms. The highest BCUT2D eigenvalue weighted by atomic mass is 16.5. The van der Waals surface area contributed by atoms with Crippen LogP contribution in [-0.2, 0) is 4.74 Å². The van der Waals surface area contributed by atoms with Crippen LogP contribution >= 0.6 is 0 Å². The molecule has 3 unspecified atom stereocenters. The number of rotatable bonds is 4.